The Kier molecular flexibility index (Phi) is 19.3. The molecule has 0 amide bonds. The highest BCUT2D eigenvalue weighted by molar-refractivity contribution is 5.46. The molecule has 1 heteroatoms. The summed E-state index contributed by atoms with van der Waals surface area (Å²) in [4.78, 5) is 0. The molecule has 0 bridgehead atoms. The van der Waals surface area contributed by atoms with E-state index in [9.17, 15) is 5.11 Å². The van der Waals surface area contributed by atoms with Crippen LogP contribution in [0.5, 0.6) is 0 Å². The van der Waals surface area contributed by atoms with Crippen LogP contribution in [0.1, 0.15) is 47.1 Å². The van der Waals surface area contributed by atoms with Crippen LogP contribution in [0, 0.1) is 12.3 Å². The third kappa shape index (κ3) is 7.67. The van der Waals surface area contributed by atoms with Gasteiger partial charge in [0.25, 0.3) is 0 Å². The lowest BCUT2D eigenvalue weighted by Gasteiger charge is -2.23. The van der Waals surface area contributed by atoms with Gasteiger partial charge < -0.3 is 5.11 Å². The van der Waals surface area contributed by atoms with E-state index in [4.69, 9.17) is 6.42 Å². The minimum atomic E-state index is -1.45. The molecule has 0 aliphatic rings. The number of allylic oxidation sites excluding steroid dienone is 2. The van der Waals surface area contributed by atoms with Crippen LogP contribution in [0.4, 0.5) is 0 Å². The molecule has 0 aliphatic carbocycles. The summed E-state index contributed by atoms with van der Waals surface area (Å²) >= 11 is 0. The normalized spacial score (nSPS) is 11.5. The van der Waals surface area contributed by atoms with Gasteiger partial charge in [-0.25, -0.2) is 0 Å². The van der Waals surface area contributed by atoms with Crippen molar-refractivity contribution < 1.29 is 5.11 Å². The van der Waals surface area contributed by atoms with Gasteiger partial charge in [-0.15, -0.1) is 6.42 Å². The maximum Gasteiger partial charge on any atom is 0.176 e. The minimum absolute atomic E-state index is 0.538. The zero-order valence-corrected chi connectivity index (χ0v) is 15.1. The molecule has 0 fully saturated rings. The second kappa shape index (κ2) is 17.0. The summed E-state index contributed by atoms with van der Waals surface area (Å²) in [7, 11) is 0. The number of benzene rings is 1. The third-order valence-electron chi connectivity index (χ3n) is 2.34. The molecule has 0 saturated heterocycles. The Bertz CT molecular complexity index is 449. The predicted octanol–water partition coefficient (Wildman–Crippen LogP) is 5.88. The molecule has 1 aromatic carbocycles. The molecule has 1 unspecified atom stereocenters. The highest BCUT2D eigenvalue weighted by Crippen LogP contribution is 2.29. The Morgan fingerprint density at radius 2 is 1.50 bits per heavy atom. The molecular formula is C21H32O. The van der Waals surface area contributed by atoms with E-state index in [1.807, 2.05) is 59.7 Å². The van der Waals surface area contributed by atoms with Crippen molar-refractivity contribution in [3.63, 3.8) is 0 Å². The highest BCUT2D eigenvalue weighted by atomic mass is 16.3. The topological polar surface area (TPSA) is 20.2 Å². The zero-order valence-electron chi connectivity index (χ0n) is 15.1. The van der Waals surface area contributed by atoms with Gasteiger partial charge in [-0.05, 0) is 5.57 Å². The summed E-state index contributed by atoms with van der Waals surface area (Å²) in [5, 5.41) is 10.5. The number of rotatable bonds is 4. The van der Waals surface area contributed by atoms with Crippen LogP contribution < -0.4 is 0 Å². The molecular weight excluding hydrogens is 268 g/mol. The second-order valence-corrected chi connectivity index (χ2v) is 3.28. The number of hydrogen-bond acceptors (Lipinski definition) is 1. The molecule has 122 valence electrons. The SMILES string of the molecule is C#CC(O)(/C(C=C)=C/C=C)c1ccccc1.CC.CC.CC. The lowest BCUT2D eigenvalue weighted by Crippen LogP contribution is -2.25. The average molecular weight is 300 g/mol. The van der Waals surface area contributed by atoms with Gasteiger partial charge in [0.05, 0.1) is 0 Å². The van der Waals surface area contributed by atoms with Crippen molar-refractivity contribution in [2.24, 2.45) is 0 Å². The van der Waals surface area contributed by atoms with Gasteiger partial charge in [-0.1, -0.05) is 109 Å². The maximum atomic E-state index is 10.5. The Morgan fingerprint density at radius 3 is 1.82 bits per heavy atom. The third-order valence-corrected chi connectivity index (χ3v) is 2.34. The molecule has 0 aromatic heterocycles. The maximum absolute atomic E-state index is 10.5. The molecule has 0 saturated carbocycles. The molecule has 1 aromatic rings. The summed E-state index contributed by atoms with van der Waals surface area (Å²) in [6.07, 6.45) is 10.2. The monoisotopic (exact) mass is 300 g/mol. The molecule has 0 radical (unpaired) electrons. The fourth-order valence-electron chi connectivity index (χ4n) is 1.48. The standard InChI is InChI=1S/C15H14O.3C2H6/c1-4-10-13(5-2)15(16,6-3)14-11-8-7-9-12-14;3*1-2/h3-5,7-12,16H,1-2H2;3*1-2H3/b13-10+;;;. The largest absolute Gasteiger partial charge is 0.369 e. The first kappa shape index (κ1) is 24.9. The van der Waals surface area contributed by atoms with Crippen LogP contribution in [0.3, 0.4) is 0 Å². The van der Waals surface area contributed by atoms with E-state index in [2.05, 4.69) is 19.1 Å². The van der Waals surface area contributed by atoms with Crippen LogP contribution in [0.25, 0.3) is 0 Å². The molecule has 1 nitrogen and oxygen atoms in total. The Labute approximate surface area is 138 Å². The summed E-state index contributed by atoms with van der Waals surface area (Å²) in [6.45, 7) is 19.2. The van der Waals surface area contributed by atoms with E-state index >= 15 is 0 Å². The Balaban J connectivity index is -0.000000535. The van der Waals surface area contributed by atoms with Crippen LogP contribution >= 0.6 is 0 Å². The number of terminal acetylenes is 1. The highest BCUT2D eigenvalue weighted by Gasteiger charge is 2.29. The van der Waals surface area contributed by atoms with Crippen LogP contribution in [-0.2, 0) is 5.60 Å². The van der Waals surface area contributed by atoms with E-state index in [1.54, 1.807) is 24.3 Å². The number of aliphatic hydroxyl groups is 1. The van der Waals surface area contributed by atoms with E-state index in [0.29, 0.717) is 11.1 Å². The Hall–Kier alpha value is -2.04. The molecule has 22 heavy (non-hydrogen) atoms. The first-order valence-corrected chi connectivity index (χ1v) is 7.90. The smallest absolute Gasteiger partial charge is 0.176 e. The van der Waals surface area contributed by atoms with Gasteiger partial charge in [0, 0.05) is 5.56 Å². The van der Waals surface area contributed by atoms with Crippen LogP contribution in [-0.4, -0.2) is 5.11 Å². The van der Waals surface area contributed by atoms with Gasteiger partial charge in [-0.3, -0.25) is 0 Å². The van der Waals surface area contributed by atoms with E-state index in [-0.39, 0.29) is 0 Å². The average Bonchev–Trinajstić information content (AvgIpc) is 2.64. The quantitative estimate of drug-likeness (QED) is 0.543. The first-order valence-electron chi connectivity index (χ1n) is 7.90. The van der Waals surface area contributed by atoms with Crippen molar-refractivity contribution in [1.82, 2.24) is 0 Å². The summed E-state index contributed by atoms with van der Waals surface area (Å²) in [5.41, 5.74) is -0.265. The lowest BCUT2D eigenvalue weighted by molar-refractivity contribution is 0.145. The van der Waals surface area contributed by atoms with Gasteiger partial charge in [0.15, 0.2) is 5.60 Å². The summed E-state index contributed by atoms with van der Waals surface area (Å²) < 4.78 is 0. The van der Waals surface area contributed by atoms with Crippen LogP contribution in [0.15, 0.2) is 67.3 Å². The van der Waals surface area contributed by atoms with Crippen molar-refractivity contribution in [2.45, 2.75) is 47.1 Å². The van der Waals surface area contributed by atoms with Gasteiger partial charge in [-0.2, -0.15) is 0 Å². The van der Waals surface area contributed by atoms with Crippen molar-refractivity contribution in [3.05, 3.63) is 72.9 Å². The van der Waals surface area contributed by atoms with Crippen molar-refractivity contribution in [3.8, 4) is 12.3 Å². The van der Waals surface area contributed by atoms with Gasteiger partial charge in [0.1, 0.15) is 0 Å². The van der Waals surface area contributed by atoms with Crippen LogP contribution in [0.2, 0.25) is 0 Å². The van der Waals surface area contributed by atoms with Gasteiger partial charge >= 0.3 is 0 Å². The molecule has 0 aliphatic heterocycles. The summed E-state index contributed by atoms with van der Waals surface area (Å²) in [6, 6.07) is 9.07. The lowest BCUT2D eigenvalue weighted by atomic mass is 9.86. The molecule has 1 N–H and O–H groups in total. The summed E-state index contributed by atoms with van der Waals surface area (Å²) in [5.74, 6) is 2.40. The minimum Gasteiger partial charge on any atom is -0.369 e. The van der Waals surface area contributed by atoms with Crippen molar-refractivity contribution >= 4 is 0 Å². The van der Waals surface area contributed by atoms with Gasteiger partial charge in [0.2, 0.25) is 0 Å². The zero-order chi connectivity index (χ0) is 18.0. The number of hydrogen-bond donors (Lipinski definition) is 1. The predicted molar refractivity (Wildman–Crippen MR) is 102 cm³/mol. The first-order chi connectivity index (χ1) is 10.7. The molecule has 1 rings (SSSR count). The fourth-order valence-corrected chi connectivity index (χ4v) is 1.48. The van der Waals surface area contributed by atoms with Crippen molar-refractivity contribution in [1.29, 1.82) is 0 Å². The molecule has 0 spiro atoms. The molecule has 1 atom stereocenters. The second-order valence-electron chi connectivity index (χ2n) is 3.28. The fraction of sp³-hybridized carbons (Fsp3) is 0.333. The van der Waals surface area contributed by atoms with Crippen molar-refractivity contribution in [2.75, 3.05) is 0 Å². The van der Waals surface area contributed by atoms with E-state index in [0.717, 1.165) is 0 Å². The Morgan fingerprint density at radius 1 is 1.05 bits per heavy atom. The van der Waals surface area contributed by atoms with E-state index < -0.39 is 5.60 Å². The van der Waals surface area contributed by atoms with E-state index in [1.165, 1.54) is 6.08 Å². The molecule has 0 heterocycles.